The quantitative estimate of drug-likeness (QED) is 0.244. The normalized spacial score (nSPS) is 17.6. The maximum Gasteiger partial charge on any atom is 0.164 e. The fraction of sp³-hybridized carbons (Fsp3) is 0.576. The molecule has 1 radical (unpaired) electrons. The zero-order valence-electron chi connectivity index (χ0n) is 25.4. The average Bonchev–Trinajstić information content (AvgIpc) is 2.97. The molecule has 207 valence electrons. The van der Waals surface area contributed by atoms with Gasteiger partial charge in [0.2, 0.25) is 0 Å². The molecule has 0 saturated carbocycles. The van der Waals surface area contributed by atoms with Crippen molar-refractivity contribution >= 4 is 0 Å². The molecule has 2 heterocycles. The summed E-state index contributed by atoms with van der Waals surface area (Å²) in [7, 11) is 0. The van der Waals surface area contributed by atoms with Crippen LogP contribution in [0.5, 0.6) is 0 Å². The summed E-state index contributed by atoms with van der Waals surface area (Å²) in [6.07, 6.45) is 3.81. The molecule has 0 unspecified atom stereocenters. The summed E-state index contributed by atoms with van der Waals surface area (Å²) >= 11 is 0. The van der Waals surface area contributed by atoms with Gasteiger partial charge in [-0.1, -0.05) is 95.2 Å². The van der Waals surface area contributed by atoms with Crippen LogP contribution in [0.25, 0.3) is 22.6 Å². The molecule has 4 rings (SSSR count). The SMILES string of the molecule is CCC(C)(C)c1nc(-c2ccc(-c3[c-]cc4c(c3)C(C)(C)C(C)(C)C4(C)C)nc2)nc(C(C)(C)CC)n1.[Ir]. The summed E-state index contributed by atoms with van der Waals surface area (Å²) in [6.45, 7) is 27.4. The molecule has 0 saturated heterocycles. The third kappa shape index (κ3) is 4.68. The Labute approximate surface area is 244 Å². The average molecular weight is 690 g/mol. The Kier molecular flexibility index (Phi) is 7.96. The molecule has 1 aliphatic rings. The summed E-state index contributed by atoms with van der Waals surface area (Å²) in [5.74, 6) is 2.39. The van der Waals surface area contributed by atoms with Crippen LogP contribution in [0.15, 0.2) is 30.5 Å². The first-order chi connectivity index (χ1) is 17.0. The van der Waals surface area contributed by atoms with Crippen LogP contribution < -0.4 is 0 Å². The minimum atomic E-state index is -0.128. The molecule has 3 aromatic rings. The summed E-state index contributed by atoms with van der Waals surface area (Å²) in [5, 5.41) is 0. The molecule has 4 nitrogen and oxygen atoms in total. The molecular formula is C33H45IrN4-. The van der Waals surface area contributed by atoms with Crippen molar-refractivity contribution in [2.24, 2.45) is 5.41 Å². The second-order valence-corrected chi connectivity index (χ2v) is 13.8. The van der Waals surface area contributed by atoms with E-state index in [1.54, 1.807) is 0 Å². The molecule has 5 heteroatoms. The Morgan fingerprint density at radius 2 is 1.29 bits per heavy atom. The van der Waals surface area contributed by atoms with Crippen molar-refractivity contribution < 1.29 is 20.1 Å². The van der Waals surface area contributed by atoms with Gasteiger partial charge in [-0.2, -0.15) is 0 Å². The smallest absolute Gasteiger partial charge is 0.164 e. The molecular weight excluding hydrogens is 645 g/mol. The van der Waals surface area contributed by atoms with Crippen molar-refractivity contribution in [1.29, 1.82) is 0 Å². The van der Waals surface area contributed by atoms with Crippen LogP contribution in [0, 0.1) is 11.5 Å². The maximum atomic E-state index is 4.93. The molecule has 2 aromatic heterocycles. The molecule has 38 heavy (non-hydrogen) atoms. The fourth-order valence-electron chi connectivity index (χ4n) is 5.24. The van der Waals surface area contributed by atoms with Crippen LogP contribution in [-0.2, 0) is 41.8 Å². The van der Waals surface area contributed by atoms with E-state index in [4.69, 9.17) is 19.9 Å². The summed E-state index contributed by atoms with van der Waals surface area (Å²) in [5.41, 5.74) is 5.65. The van der Waals surface area contributed by atoms with Gasteiger partial charge in [-0.05, 0) is 34.8 Å². The Hall–Kier alpha value is -1.97. The Balaban J connectivity index is 0.00000400. The van der Waals surface area contributed by atoms with Gasteiger partial charge in [0.05, 0.1) is 0 Å². The van der Waals surface area contributed by atoms with Gasteiger partial charge in [0.15, 0.2) is 5.82 Å². The number of aromatic nitrogens is 4. The van der Waals surface area contributed by atoms with E-state index in [1.807, 2.05) is 6.20 Å². The van der Waals surface area contributed by atoms with Crippen LogP contribution in [0.4, 0.5) is 0 Å². The predicted molar refractivity (Wildman–Crippen MR) is 154 cm³/mol. The molecule has 1 aromatic carbocycles. The Bertz CT molecular complexity index is 1280. The first-order valence-electron chi connectivity index (χ1n) is 13.8. The number of rotatable bonds is 6. The fourth-order valence-corrected chi connectivity index (χ4v) is 5.24. The molecule has 0 spiro atoms. The molecule has 0 fully saturated rings. The van der Waals surface area contributed by atoms with Crippen LogP contribution in [0.3, 0.4) is 0 Å². The second kappa shape index (κ2) is 9.89. The zero-order valence-corrected chi connectivity index (χ0v) is 27.8. The van der Waals surface area contributed by atoms with Crippen LogP contribution >= 0.6 is 0 Å². The standard InChI is InChI=1S/C33H45N4.Ir/c1-13-29(3,4)27-35-26(36-28(37-27)30(5,6)14-2)22-16-18-25(34-20-22)21-15-17-23-24(19-21)32(9,10)33(11,12)31(23,7)8;/h16-20H,13-14H2,1-12H3;/q-1;. The van der Waals surface area contributed by atoms with E-state index in [0.717, 1.165) is 41.3 Å². The monoisotopic (exact) mass is 690 g/mol. The van der Waals surface area contributed by atoms with Crippen molar-refractivity contribution in [2.75, 3.05) is 0 Å². The van der Waals surface area contributed by atoms with E-state index >= 15 is 0 Å². The van der Waals surface area contributed by atoms with Crippen molar-refractivity contribution in [3.63, 3.8) is 0 Å². The van der Waals surface area contributed by atoms with E-state index in [-0.39, 0.29) is 47.2 Å². The van der Waals surface area contributed by atoms with Crippen LogP contribution in [-0.4, -0.2) is 19.9 Å². The number of hydrogen-bond acceptors (Lipinski definition) is 4. The van der Waals surface area contributed by atoms with E-state index < -0.39 is 0 Å². The van der Waals surface area contributed by atoms with Gasteiger partial charge in [0, 0.05) is 42.7 Å². The molecule has 0 N–H and O–H groups in total. The summed E-state index contributed by atoms with van der Waals surface area (Å²) in [4.78, 5) is 19.6. The molecule has 1 aliphatic carbocycles. The molecule has 0 atom stereocenters. The number of pyridine rings is 1. The summed E-state index contributed by atoms with van der Waals surface area (Å²) in [6, 6.07) is 12.2. The molecule has 0 aliphatic heterocycles. The van der Waals surface area contributed by atoms with Gasteiger partial charge in [-0.3, -0.25) is 0 Å². The first kappa shape index (κ1) is 30.6. The van der Waals surface area contributed by atoms with Crippen molar-refractivity contribution in [3.8, 4) is 22.6 Å². The van der Waals surface area contributed by atoms with Crippen molar-refractivity contribution in [1.82, 2.24) is 19.9 Å². The Morgan fingerprint density at radius 3 is 1.76 bits per heavy atom. The van der Waals surface area contributed by atoms with Gasteiger partial charge in [0.1, 0.15) is 11.6 Å². The predicted octanol–water partition coefficient (Wildman–Crippen LogP) is 8.37. The first-order valence-corrected chi connectivity index (χ1v) is 13.8. The second-order valence-electron chi connectivity index (χ2n) is 13.8. The maximum absolute atomic E-state index is 4.93. The minimum absolute atomic E-state index is 0. The minimum Gasteiger partial charge on any atom is -0.304 e. The third-order valence-electron chi connectivity index (χ3n) is 10.3. The van der Waals surface area contributed by atoms with Gasteiger partial charge in [-0.15, -0.1) is 34.9 Å². The van der Waals surface area contributed by atoms with Crippen molar-refractivity contribution in [3.05, 3.63) is 59.3 Å². The van der Waals surface area contributed by atoms with Gasteiger partial charge < -0.3 is 4.98 Å². The van der Waals surface area contributed by atoms with E-state index in [2.05, 4.69) is 113 Å². The zero-order chi connectivity index (χ0) is 27.6. The summed E-state index contributed by atoms with van der Waals surface area (Å²) < 4.78 is 0. The molecule has 0 amide bonds. The van der Waals surface area contributed by atoms with E-state index in [1.165, 1.54) is 11.1 Å². The number of hydrogen-bond donors (Lipinski definition) is 0. The van der Waals surface area contributed by atoms with Gasteiger partial charge >= 0.3 is 0 Å². The number of fused-ring (bicyclic) bond motifs is 1. The van der Waals surface area contributed by atoms with Crippen molar-refractivity contribution in [2.45, 2.75) is 118 Å². The third-order valence-corrected chi connectivity index (χ3v) is 10.3. The van der Waals surface area contributed by atoms with E-state index in [9.17, 15) is 0 Å². The largest absolute Gasteiger partial charge is 0.304 e. The Morgan fingerprint density at radius 1 is 0.763 bits per heavy atom. The number of nitrogens with zero attached hydrogens (tertiary/aromatic N) is 4. The van der Waals surface area contributed by atoms with E-state index in [0.29, 0.717) is 5.82 Å². The van der Waals surface area contributed by atoms with Crippen LogP contribution in [0.2, 0.25) is 0 Å². The number of benzene rings is 1. The van der Waals surface area contributed by atoms with Gasteiger partial charge in [-0.25, -0.2) is 15.0 Å². The van der Waals surface area contributed by atoms with Crippen LogP contribution in [0.1, 0.15) is 119 Å². The topological polar surface area (TPSA) is 51.6 Å². The molecule has 0 bridgehead atoms. The van der Waals surface area contributed by atoms with Gasteiger partial charge in [0.25, 0.3) is 0 Å².